The van der Waals surface area contributed by atoms with Gasteiger partial charge in [-0.3, -0.25) is 0 Å². The monoisotopic (exact) mass is 281 g/mol. The minimum absolute atomic E-state index is 0.219. The Labute approximate surface area is 123 Å². The molecule has 0 fully saturated rings. The van der Waals surface area contributed by atoms with Crippen molar-refractivity contribution >= 4 is 16.9 Å². The Morgan fingerprint density at radius 3 is 2.86 bits per heavy atom. The molecule has 106 valence electrons. The molecule has 0 saturated carbocycles. The van der Waals surface area contributed by atoms with Crippen molar-refractivity contribution in [2.45, 2.75) is 13.7 Å². The lowest BCUT2D eigenvalue weighted by Gasteiger charge is -2.09. The van der Waals surface area contributed by atoms with Gasteiger partial charge in [-0.2, -0.15) is 0 Å². The quantitative estimate of drug-likeness (QED) is 0.546. The summed E-state index contributed by atoms with van der Waals surface area (Å²) in [5, 5.41) is 1.15. The number of carbonyl (C=O) groups is 1. The molecule has 4 nitrogen and oxygen atoms in total. The number of benzene rings is 1. The first kappa shape index (κ1) is 13.4. The first-order valence-electron chi connectivity index (χ1n) is 6.82. The summed E-state index contributed by atoms with van der Waals surface area (Å²) in [5.41, 5.74) is 2.69. The molecule has 2 heterocycles. The van der Waals surface area contributed by atoms with Gasteiger partial charge >= 0.3 is 5.97 Å². The minimum atomic E-state index is -0.316. The van der Waals surface area contributed by atoms with E-state index >= 15 is 0 Å². The van der Waals surface area contributed by atoms with E-state index in [0.29, 0.717) is 5.56 Å². The zero-order valence-corrected chi connectivity index (χ0v) is 12.1. The summed E-state index contributed by atoms with van der Waals surface area (Å²) in [5.74, 6) is -0.316. The molecule has 3 rings (SSSR count). The Hall–Kier alpha value is -2.62. The second kappa shape index (κ2) is 5.40. The molecule has 0 N–H and O–H groups in total. The van der Waals surface area contributed by atoms with Gasteiger partial charge in [0, 0.05) is 11.8 Å². The number of aryl methyl sites for hydroxylation is 2. The molecule has 0 spiro atoms. The maximum atomic E-state index is 12.1. The van der Waals surface area contributed by atoms with E-state index in [-0.39, 0.29) is 12.7 Å². The fraction of sp³-hybridized carbons (Fsp3) is 0.176. The lowest BCUT2D eigenvalue weighted by molar-refractivity contribution is -0.671. The van der Waals surface area contributed by atoms with E-state index in [1.54, 1.807) is 12.3 Å². The summed E-state index contributed by atoms with van der Waals surface area (Å²) in [6.07, 6.45) is 3.63. The SMILES string of the molecule is Cc1cc2ccccc2n1COC(=O)c1ccc[n+](C)c1. The highest BCUT2D eigenvalue weighted by Crippen LogP contribution is 2.19. The molecule has 0 radical (unpaired) electrons. The molecule has 3 aromatic rings. The predicted molar refractivity (Wildman–Crippen MR) is 79.7 cm³/mol. The van der Waals surface area contributed by atoms with Gasteiger partial charge in [0.1, 0.15) is 12.6 Å². The van der Waals surface area contributed by atoms with Gasteiger partial charge in [0.25, 0.3) is 0 Å². The summed E-state index contributed by atoms with van der Waals surface area (Å²) in [4.78, 5) is 12.1. The third kappa shape index (κ3) is 2.65. The topological polar surface area (TPSA) is 35.1 Å². The van der Waals surface area contributed by atoms with Crippen LogP contribution < -0.4 is 4.57 Å². The molecule has 0 saturated heterocycles. The molecule has 1 aromatic carbocycles. The third-order valence-corrected chi connectivity index (χ3v) is 3.52. The number of ether oxygens (including phenoxy) is 1. The van der Waals surface area contributed by atoms with Crippen molar-refractivity contribution in [3.05, 3.63) is 66.1 Å². The van der Waals surface area contributed by atoms with E-state index in [0.717, 1.165) is 16.6 Å². The van der Waals surface area contributed by atoms with Gasteiger partial charge in [0.2, 0.25) is 0 Å². The normalized spacial score (nSPS) is 10.8. The molecule has 4 heteroatoms. The number of carbonyl (C=O) groups excluding carboxylic acids is 1. The Bertz CT molecular complexity index is 805. The molecule has 0 aliphatic heterocycles. The van der Waals surface area contributed by atoms with Gasteiger partial charge in [0.15, 0.2) is 19.1 Å². The number of hydrogen-bond donors (Lipinski definition) is 0. The van der Waals surface area contributed by atoms with Crippen LogP contribution in [0.4, 0.5) is 0 Å². The van der Waals surface area contributed by atoms with Crippen molar-refractivity contribution in [1.82, 2.24) is 4.57 Å². The van der Waals surface area contributed by atoms with Crippen molar-refractivity contribution in [3.8, 4) is 0 Å². The molecule has 0 aliphatic carbocycles. The fourth-order valence-corrected chi connectivity index (χ4v) is 2.43. The minimum Gasteiger partial charge on any atom is -0.440 e. The van der Waals surface area contributed by atoms with Crippen LogP contribution in [0.2, 0.25) is 0 Å². The first-order valence-corrected chi connectivity index (χ1v) is 6.82. The van der Waals surface area contributed by atoms with E-state index in [1.165, 1.54) is 0 Å². The molecular weight excluding hydrogens is 264 g/mol. The summed E-state index contributed by atoms with van der Waals surface area (Å²) in [6, 6.07) is 13.7. The van der Waals surface area contributed by atoms with Gasteiger partial charge < -0.3 is 9.30 Å². The van der Waals surface area contributed by atoms with Crippen LogP contribution in [0.1, 0.15) is 16.1 Å². The van der Waals surface area contributed by atoms with Gasteiger partial charge in [-0.25, -0.2) is 9.36 Å². The molecule has 0 unspecified atom stereocenters. The van der Waals surface area contributed by atoms with Crippen LogP contribution >= 0.6 is 0 Å². The maximum absolute atomic E-state index is 12.1. The van der Waals surface area contributed by atoms with E-state index in [4.69, 9.17) is 4.74 Å². The summed E-state index contributed by atoms with van der Waals surface area (Å²) in [6.45, 7) is 2.23. The molecule has 0 amide bonds. The standard InChI is InChI=1S/C17H17N2O2/c1-13-10-14-6-3-4-8-16(14)19(13)12-21-17(20)15-7-5-9-18(2)11-15/h3-11H,12H2,1-2H3/q+1. The van der Waals surface area contributed by atoms with E-state index in [9.17, 15) is 4.79 Å². The number of rotatable bonds is 3. The van der Waals surface area contributed by atoms with Gasteiger partial charge in [-0.05, 0) is 30.5 Å². The number of hydrogen-bond acceptors (Lipinski definition) is 2. The summed E-state index contributed by atoms with van der Waals surface area (Å²) in [7, 11) is 1.88. The smallest absolute Gasteiger partial charge is 0.345 e. The van der Waals surface area contributed by atoms with Gasteiger partial charge in [-0.1, -0.05) is 18.2 Å². The van der Waals surface area contributed by atoms with Crippen LogP contribution in [0, 0.1) is 6.92 Å². The van der Waals surface area contributed by atoms with E-state index < -0.39 is 0 Å². The van der Waals surface area contributed by atoms with Crippen LogP contribution in [-0.2, 0) is 18.5 Å². The average molecular weight is 281 g/mol. The predicted octanol–water partition coefficient (Wildman–Crippen LogP) is 2.59. The average Bonchev–Trinajstić information content (AvgIpc) is 2.80. The van der Waals surface area contributed by atoms with Crippen LogP contribution in [0.3, 0.4) is 0 Å². The molecular formula is C17H17N2O2+. The van der Waals surface area contributed by atoms with Crippen LogP contribution in [0.15, 0.2) is 54.9 Å². The molecule has 0 atom stereocenters. The zero-order chi connectivity index (χ0) is 14.8. The Balaban J connectivity index is 1.80. The lowest BCUT2D eigenvalue weighted by atomic mass is 10.2. The summed E-state index contributed by atoms with van der Waals surface area (Å²) < 4.78 is 9.25. The number of fused-ring (bicyclic) bond motifs is 1. The van der Waals surface area contributed by atoms with Crippen molar-refractivity contribution in [2.75, 3.05) is 0 Å². The van der Waals surface area contributed by atoms with Crippen molar-refractivity contribution in [1.29, 1.82) is 0 Å². The second-order valence-electron chi connectivity index (χ2n) is 5.09. The van der Waals surface area contributed by atoms with Gasteiger partial charge in [-0.15, -0.1) is 0 Å². The summed E-state index contributed by atoms with van der Waals surface area (Å²) >= 11 is 0. The van der Waals surface area contributed by atoms with Crippen LogP contribution in [0.5, 0.6) is 0 Å². The third-order valence-electron chi connectivity index (χ3n) is 3.52. The van der Waals surface area contributed by atoms with Crippen LogP contribution in [0.25, 0.3) is 10.9 Å². The number of para-hydroxylation sites is 1. The highest BCUT2D eigenvalue weighted by Gasteiger charge is 2.12. The highest BCUT2D eigenvalue weighted by atomic mass is 16.5. The lowest BCUT2D eigenvalue weighted by Crippen LogP contribution is -2.28. The largest absolute Gasteiger partial charge is 0.440 e. The zero-order valence-electron chi connectivity index (χ0n) is 12.1. The van der Waals surface area contributed by atoms with Gasteiger partial charge in [0.05, 0.1) is 5.52 Å². The Morgan fingerprint density at radius 1 is 1.24 bits per heavy atom. The van der Waals surface area contributed by atoms with Crippen molar-refractivity contribution < 1.29 is 14.1 Å². The number of nitrogens with zero attached hydrogens (tertiary/aromatic N) is 2. The Kier molecular flexibility index (Phi) is 3.44. The number of pyridine rings is 1. The maximum Gasteiger partial charge on any atom is 0.345 e. The molecule has 0 bridgehead atoms. The van der Waals surface area contributed by atoms with Crippen LogP contribution in [-0.4, -0.2) is 10.5 Å². The molecule has 0 aliphatic rings. The molecule has 2 aromatic heterocycles. The highest BCUT2D eigenvalue weighted by molar-refractivity contribution is 5.88. The number of aromatic nitrogens is 2. The van der Waals surface area contributed by atoms with Crippen molar-refractivity contribution in [3.63, 3.8) is 0 Å². The number of esters is 1. The van der Waals surface area contributed by atoms with E-state index in [1.807, 2.05) is 53.6 Å². The second-order valence-corrected chi connectivity index (χ2v) is 5.09. The van der Waals surface area contributed by atoms with Crippen molar-refractivity contribution in [2.24, 2.45) is 7.05 Å². The Morgan fingerprint density at radius 2 is 2.05 bits per heavy atom. The van der Waals surface area contributed by atoms with E-state index in [2.05, 4.69) is 12.1 Å². The fourth-order valence-electron chi connectivity index (χ4n) is 2.43. The first-order chi connectivity index (χ1) is 10.1. The molecule has 21 heavy (non-hydrogen) atoms.